The number of nitrogens with one attached hydrogen (secondary N) is 1. The van der Waals surface area contributed by atoms with Crippen LogP contribution in [0.15, 0.2) is 72.1 Å². The molecular formula is C23H21N3OS. The number of hydrogen-bond acceptors (Lipinski definition) is 3. The zero-order chi connectivity index (χ0) is 19.5. The van der Waals surface area contributed by atoms with Crippen molar-refractivity contribution in [2.24, 2.45) is 0 Å². The van der Waals surface area contributed by atoms with E-state index in [4.69, 9.17) is 0 Å². The fourth-order valence-electron chi connectivity index (χ4n) is 3.33. The summed E-state index contributed by atoms with van der Waals surface area (Å²) in [6, 6.07) is 22.0. The number of amides is 1. The number of carbonyl (C=O) groups excluding carboxylic acids is 1. The first-order chi connectivity index (χ1) is 13.6. The quantitative estimate of drug-likeness (QED) is 0.515. The first-order valence-corrected chi connectivity index (χ1v) is 10.0. The number of thiophene rings is 1. The number of benzene rings is 2. The minimum absolute atomic E-state index is 0.0554. The topological polar surface area (TPSA) is 46.9 Å². The Bertz CT molecular complexity index is 1100. The van der Waals surface area contributed by atoms with E-state index < -0.39 is 0 Å². The summed E-state index contributed by atoms with van der Waals surface area (Å²) in [6.07, 6.45) is 0. The van der Waals surface area contributed by atoms with Crippen LogP contribution >= 0.6 is 11.3 Å². The van der Waals surface area contributed by atoms with Crippen LogP contribution in [0.3, 0.4) is 0 Å². The van der Waals surface area contributed by atoms with Crippen LogP contribution in [0.4, 0.5) is 0 Å². The molecule has 0 bridgehead atoms. The van der Waals surface area contributed by atoms with Crippen molar-refractivity contribution >= 4 is 17.2 Å². The summed E-state index contributed by atoms with van der Waals surface area (Å²) >= 11 is 1.47. The number of rotatable bonds is 5. The second kappa shape index (κ2) is 7.82. The summed E-state index contributed by atoms with van der Waals surface area (Å²) in [5.41, 5.74) is 6.06. The molecule has 1 N–H and O–H groups in total. The molecule has 0 fully saturated rings. The number of hydrogen-bond donors (Lipinski definition) is 1. The predicted octanol–water partition coefficient (Wildman–Crippen LogP) is 5.15. The summed E-state index contributed by atoms with van der Waals surface area (Å²) in [5, 5.41) is 9.69. The van der Waals surface area contributed by atoms with Gasteiger partial charge in [0, 0.05) is 23.4 Å². The Kier molecular flexibility index (Phi) is 5.08. The van der Waals surface area contributed by atoms with Gasteiger partial charge in [0.1, 0.15) is 0 Å². The lowest BCUT2D eigenvalue weighted by Crippen LogP contribution is -2.23. The van der Waals surface area contributed by atoms with Crippen molar-refractivity contribution in [3.63, 3.8) is 0 Å². The van der Waals surface area contributed by atoms with Gasteiger partial charge in [-0.15, -0.1) is 11.3 Å². The van der Waals surface area contributed by atoms with Crippen molar-refractivity contribution in [2.45, 2.75) is 20.4 Å². The van der Waals surface area contributed by atoms with Gasteiger partial charge in [-0.1, -0.05) is 48.5 Å². The van der Waals surface area contributed by atoms with Crippen molar-refractivity contribution in [3.8, 4) is 16.8 Å². The molecule has 2 heterocycles. The summed E-state index contributed by atoms with van der Waals surface area (Å²) in [5.74, 6) is -0.0554. The molecular weight excluding hydrogens is 366 g/mol. The third kappa shape index (κ3) is 3.49. The molecule has 4 nitrogen and oxygen atoms in total. The van der Waals surface area contributed by atoms with Crippen LogP contribution in [0.25, 0.3) is 16.8 Å². The molecule has 5 heteroatoms. The smallest absolute Gasteiger partial charge is 0.262 e. The summed E-state index contributed by atoms with van der Waals surface area (Å²) in [4.78, 5) is 13.6. The fraction of sp³-hybridized carbons (Fsp3) is 0.130. The van der Waals surface area contributed by atoms with Crippen molar-refractivity contribution < 1.29 is 4.79 Å². The van der Waals surface area contributed by atoms with Gasteiger partial charge in [-0.2, -0.15) is 5.10 Å². The van der Waals surface area contributed by atoms with Gasteiger partial charge in [0.15, 0.2) is 0 Å². The number of nitrogens with zero attached hydrogens (tertiary/aromatic N) is 2. The van der Waals surface area contributed by atoms with E-state index in [2.05, 4.69) is 10.4 Å². The Morgan fingerprint density at radius 3 is 2.39 bits per heavy atom. The van der Waals surface area contributed by atoms with Gasteiger partial charge in [0.25, 0.3) is 5.91 Å². The fourth-order valence-corrected chi connectivity index (χ4v) is 4.16. The van der Waals surface area contributed by atoms with E-state index in [1.807, 2.05) is 90.6 Å². The molecule has 4 rings (SSSR count). The lowest BCUT2D eigenvalue weighted by atomic mass is 10.1. The Morgan fingerprint density at radius 2 is 1.68 bits per heavy atom. The number of aromatic nitrogens is 2. The largest absolute Gasteiger partial charge is 0.347 e. The van der Waals surface area contributed by atoms with Crippen LogP contribution in [-0.2, 0) is 6.54 Å². The molecule has 0 saturated carbocycles. The van der Waals surface area contributed by atoms with E-state index >= 15 is 0 Å². The van der Waals surface area contributed by atoms with Crippen LogP contribution in [0.1, 0.15) is 26.6 Å². The predicted molar refractivity (Wildman–Crippen MR) is 114 cm³/mol. The standard InChI is InChI=1S/C23H21N3OS/c1-16-21(17(2)26(25-16)19-11-7-4-8-12-19)15-24-23(27)22-20(13-14-28-22)18-9-5-3-6-10-18/h3-14H,15H2,1-2H3,(H,24,27). The second-order valence-electron chi connectivity index (χ2n) is 6.61. The van der Waals surface area contributed by atoms with Gasteiger partial charge < -0.3 is 5.32 Å². The van der Waals surface area contributed by atoms with Gasteiger partial charge in [-0.05, 0) is 43.0 Å². The lowest BCUT2D eigenvalue weighted by molar-refractivity contribution is 0.0955. The van der Waals surface area contributed by atoms with E-state index in [-0.39, 0.29) is 5.91 Å². The summed E-state index contributed by atoms with van der Waals surface area (Å²) in [7, 11) is 0. The highest BCUT2D eigenvalue weighted by Crippen LogP contribution is 2.28. The Hall–Kier alpha value is -3.18. The van der Waals surface area contributed by atoms with Gasteiger partial charge in [-0.25, -0.2) is 4.68 Å². The molecule has 1 amide bonds. The maximum Gasteiger partial charge on any atom is 0.262 e. The SMILES string of the molecule is Cc1nn(-c2ccccc2)c(C)c1CNC(=O)c1sccc1-c1ccccc1. The molecule has 0 aliphatic carbocycles. The molecule has 0 radical (unpaired) electrons. The number of carbonyl (C=O) groups is 1. The van der Waals surface area contributed by atoms with Gasteiger partial charge in [0.2, 0.25) is 0 Å². The highest BCUT2D eigenvalue weighted by atomic mass is 32.1. The second-order valence-corrected chi connectivity index (χ2v) is 7.52. The zero-order valence-corrected chi connectivity index (χ0v) is 16.7. The third-order valence-corrected chi connectivity index (χ3v) is 5.74. The van der Waals surface area contributed by atoms with Gasteiger partial charge >= 0.3 is 0 Å². The minimum atomic E-state index is -0.0554. The van der Waals surface area contributed by atoms with Gasteiger partial charge in [0.05, 0.1) is 16.3 Å². The van der Waals surface area contributed by atoms with Crippen LogP contribution in [0.2, 0.25) is 0 Å². The van der Waals surface area contributed by atoms with Crippen LogP contribution in [0, 0.1) is 13.8 Å². The van der Waals surface area contributed by atoms with E-state index in [0.717, 1.165) is 38.6 Å². The molecule has 4 aromatic rings. The van der Waals surface area contributed by atoms with Crippen LogP contribution in [0.5, 0.6) is 0 Å². The van der Waals surface area contributed by atoms with Gasteiger partial charge in [-0.3, -0.25) is 4.79 Å². The van der Waals surface area contributed by atoms with Crippen molar-refractivity contribution in [1.29, 1.82) is 0 Å². The molecule has 0 unspecified atom stereocenters. The normalized spacial score (nSPS) is 10.8. The van der Waals surface area contributed by atoms with Crippen molar-refractivity contribution in [1.82, 2.24) is 15.1 Å². The molecule has 2 aromatic heterocycles. The molecule has 2 aromatic carbocycles. The molecule has 28 heavy (non-hydrogen) atoms. The molecule has 0 atom stereocenters. The van der Waals surface area contributed by atoms with Crippen LogP contribution < -0.4 is 5.32 Å². The Balaban J connectivity index is 1.54. The minimum Gasteiger partial charge on any atom is -0.347 e. The summed E-state index contributed by atoms with van der Waals surface area (Å²) in [6.45, 7) is 4.47. The van der Waals surface area contributed by atoms with E-state index in [0.29, 0.717) is 6.54 Å². The van der Waals surface area contributed by atoms with Crippen molar-refractivity contribution in [2.75, 3.05) is 0 Å². The molecule has 140 valence electrons. The number of para-hydroxylation sites is 1. The molecule has 0 spiro atoms. The number of aryl methyl sites for hydroxylation is 1. The first kappa shape index (κ1) is 18.2. The molecule has 0 saturated heterocycles. The highest BCUT2D eigenvalue weighted by molar-refractivity contribution is 7.12. The molecule has 0 aliphatic heterocycles. The zero-order valence-electron chi connectivity index (χ0n) is 15.8. The monoisotopic (exact) mass is 387 g/mol. The van der Waals surface area contributed by atoms with Crippen molar-refractivity contribution in [3.05, 3.63) is 93.9 Å². The maximum atomic E-state index is 12.8. The average Bonchev–Trinajstić information content (AvgIpc) is 3.33. The van der Waals surface area contributed by atoms with E-state index in [1.165, 1.54) is 11.3 Å². The maximum absolute atomic E-state index is 12.8. The Morgan fingerprint density at radius 1 is 1.00 bits per heavy atom. The molecule has 0 aliphatic rings. The highest BCUT2D eigenvalue weighted by Gasteiger charge is 2.17. The average molecular weight is 388 g/mol. The lowest BCUT2D eigenvalue weighted by Gasteiger charge is -2.08. The summed E-state index contributed by atoms with van der Waals surface area (Å²) < 4.78 is 1.93. The first-order valence-electron chi connectivity index (χ1n) is 9.17. The van der Waals surface area contributed by atoms with E-state index in [9.17, 15) is 4.79 Å². The Labute approximate surface area is 168 Å². The van der Waals surface area contributed by atoms with Crippen LogP contribution in [-0.4, -0.2) is 15.7 Å². The van der Waals surface area contributed by atoms with E-state index in [1.54, 1.807) is 0 Å². The third-order valence-electron chi connectivity index (χ3n) is 4.82.